The summed E-state index contributed by atoms with van der Waals surface area (Å²) >= 11 is 0. The van der Waals surface area contributed by atoms with Gasteiger partial charge in [-0.1, -0.05) is 13.8 Å². The smallest absolute Gasteiger partial charge is 0.391 e. The minimum absolute atomic E-state index is 0.415. The van der Waals surface area contributed by atoms with E-state index < -0.39 is 30.7 Å². The lowest BCUT2D eigenvalue weighted by Crippen LogP contribution is -2.40. The van der Waals surface area contributed by atoms with Gasteiger partial charge in [0.2, 0.25) is 0 Å². The summed E-state index contributed by atoms with van der Waals surface area (Å²) in [6, 6.07) is -0.804. The lowest BCUT2D eigenvalue weighted by molar-refractivity contribution is -0.184. The second-order valence-electron chi connectivity index (χ2n) is 3.04. The van der Waals surface area contributed by atoms with Crippen LogP contribution in [0.4, 0.5) is 13.2 Å². The third kappa shape index (κ3) is 2.98. The van der Waals surface area contributed by atoms with Crippen molar-refractivity contribution in [1.29, 1.82) is 0 Å². The fraction of sp³-hybridized carbons (Fsp3) is 1.00. The molecule has 0 aromatic heterocycles. The topological polar surface area (TPSA) is 46.2 Å². The Hall–Kier alpha value is -0.290. The highest BCUT2D eigenvalue weighted by Crippen LogP contribution is 2.32. The fourth-order valence-corrected chi connectivity index (χ4v) is 0.835. The van der Waals surface area contributed by atoms with Crippen molar-refractivity contribution >= 4 is 0 Å². The minimum Gasteiger partial charge on any atom is -0.395 e. The molecule has 0 radical (unpaired) electrons. The normalized spacial score (nSPS) is 20.2. The van der Waals surface area contributed by atoms with Crippen molar-refractivity contribution in [2.45, 2.75) is 26.1 Å². The third-order valence-corrected chi connectivity index (χ3v) is 2.19. The van der Waals surface area contributed by atoms with Gasteiger partial charge in [-0.05, 0) is 5.92 Å². The van der Waals surface area contributed by atoms with E-state index in [2.05, 4.69) is 0 Å². The van der Waals surface area contributed by atoms with Gasteiger partial charge >= 0.3 is 6.18 Å². The Morgan fingerprint density at radius 1 is 1.33 bits per heavy atom. The molecule has 2 nitrogen and oxygen atoms in total. The molecule has 0 rings (SSSR count). The zero-order chi connectivity index (χ0) is 9.94. The SMILES string of the molecule is CC(C(N)CO)C(C)C(F)(F)F. The zero-order valence-corrected chi connectivity index (χ0v) is 7.10. The average Bonchev–Trinajstić information content (AvgIpc) is 1.98. The molecule has 0 aliphatic rings. The van der Waals surface area contributed by atoms with Gasteiger partial charge in [-0.2, -0.15) is 13.2 Å². The van der Waals surface area contributed by atoms with E-state index in [4.69, 9.17) is 10.8 Å². The lowest BCUT2D eigenvalue weighted by Gasteiger charge is -2.26. The maximum Gasteiger partial charge on any atom is 0.391 e. The molecule has 0 fully saturated rings. The second-order valence-corrected chi connectivity index (χ2v) is 3.04. The molecule has 3 atom stereocenters. The van der Waals surface area contributed by atoms with Crippen LogP contribution in [0.3, 0.4) is 0 Å². The molecular weight excluding hydrogens is 171 g/mol. The summed E-state index contributed by atoms with van der Waals surface area (Å²) in [7, 11) is 0. The molecule has 3 N–H and O–H groups in total. The Balaban J connectivity index is 4.19. The maximum atomic E-state index is 12.1. The van der Waals surface area contributed by atoms with Crippen LogP contribution in [0, 0.1) is 11.8 Å². The molecule has 0 heterocycles. The highest BCUT2D eigenvalue weighted by atomic mass is 19.4. The van der Waals surface area contributed by atoms with Gasteiger partial charge < -0.3 is 10.8 Å². The largest absolute Gasteiger partial charge is 0.395 e. The Kier molecular flexibility index (Phi) is 3.99. The van der Waals surface area contributed by atoms with E-state index in [1.165, 1.54) is 6.92 Å². The van der Waals surface area contributed by atoms with Crippen LogP contribution < -0.4 is 5.73 Å². The fourth-order valence-electron chi connectivity index (χ4n) is 0.835. The van der Waals surface area contributed by atoms with Crippen LogP contribution >= 0.6 is 0 Å². The summed E-state index contributed by atoms with van der Waals surface area (Å²) in [5, 5.41) is 8.53. The van der Waals surface area contributed by atoms with Crippen molar-refractivity contribution < 1.29 is 18.3 Å². The summed E-state index contributed by atoms with van der Waals surface area (Å²) in [6.07, 6.45) is -4.23. The van der Waals surface area contributed by atoms with Crippen LogP contribution in [-0.2, 0) is 0 Å². The van der Waals surface area contributed by atoms with Crippen molar-refractivity contribution in [2.24, 2.45) is 17.6 Å². The number of alkyl halides is 3. The van der Waals surface area contributed by atoms with Crippen LogP contribution in [0.1, 0.15) is 13.8 Å². The molecule has 74 valence electrons. The van der Waals surface area contributed by atoms with Gasteiger partial charge in [0.05, 0.1) is 12.5 Å². The van der Waals surface area contributed by atoms with E-state index in [1.54, 1.807) is 0 Å². The van der Waals surface area contributed by atoms with Crippen LogP contribution in [0.2, 0.25) is 0 Å². The van der Waals surface area contributed by atoms with Gasteiger partial charge in [0, 0.05) is 6.04 Å². The minimum atomic E-state index is -4.23. The molecule has 3 unspecified atom stereocenters. The van der Waals surface area contributed by atoms with Crippen LogP contribution in [0.5, 0.6) is 0 Å². The van der Waals surface area contributed by atoms with Crippen molar-refractivity contribution in [1.82, 2.24) is 0 Å². The predicted molar refractivity (Wildman–Crippen MR) is 39.4 cm³/mol. The predicted octanol–water partition coefficient (Wildman–Crippen LogP) is 1.14. The van der Waals surface area contributed by atoms with Crippen LogP contribution in [0.25, 0.3) is 0 Å². The lowest BCUT2D eigenvalue weighted by atomic mass is 9.89. The number of aliphatic hydroxyl groups excluding tert-OH is 1. The van der Waals surface area contributed by atoms with E-state index in [0.29, 0.717) is 0 Å². The van der Waals surface area contributed by atoms with Crippen LogP contribution in [-0.4, -0.2) is 23.9 Å². The molecule has 0 amide bonds. The first-order valence-corrected chi connectivity index (χ1v) is 3.73. The number of nitrogens with two attached hydrogens (primary N) is 1. The van der Waals surface area contributed by atoms with Crippen molar-refractivity contribution in [2.75, 3.05) is 6.61 Å². The molecule has 12 heavy (non-hydrogen) atoms. The number of hydrogen-bond donors (Lipinski definition) is 2. The maximum absolute atomic E-state index is 12.1. The first-order valence-electron chi connectivity index (χ1n) is 3.73. The van der Waals surface area contributed by atoms with Gasteiger partial charge in [0.15, 0.2) is 0 Å². The number of hydrogen-bond acceptors (Lipinski definition) is 2. The molecule has 0 aromatic rings. The van der Waals surface area contributed by atoms with Gasteiger partial charge in [0.1, 0.15) is 0 Å². The summed E-state index contributed by atoms with van der Waals surface area (Å²) in [5.41, 5.74) is 5.26. The Morgan fingerprint density at radius 2 is 1.75 bits per heavy atom. The summed E-state index contributed by atoms with van der Waals surface area (Å²) in [4.78, 5) is 0. The quantitative estimate of drug-likeness (QED) is 0.692. The molecule has 0 aliphatic heterocycles. The number of aliphatic hydroxyl groups is 1. The van der Waals surface area contributed by atoms with Gasteiger partial charge in [-0.25, -0.2) is 0 Å². The monoisotopic (exact) mass is 185 g/mol. The molecule has 0 aliphatic carbocycles. The van der Waals surface area contributed by atoms with E-state index >= 15 is 0 Å². The first-order chi connectivity index (χ1) is 5.30. The zero-order valence-electron chi connectivity index (χ0n) is 7.10. The summed E-state index contributed by atoms with van der Waals surface area (Å²) in [6.45, 7) is 2.04. The summed E-state index contributed by atoms with van der Waals surface area (Å²) in [5.74, 6) is -2.23. The average molecular weight is 185 g/mol. The Morgan fingerprint density at radius 3 is 2.00 bits per heavy atom. The van der Waals surface area contributed by atoms with E-state index in [9.17, 15) is 13.2 Å². The molecule has 0 aromatic carbocycles. The molecular formula is C7H14F3NO. The summed E-state index contributed by atoms with van der Waals surface area (Å²) < 4.78 is 36.2. The van der Waals surface area contributed by atoms with E-state index in [0.717, 1.165) is 6.92 Å². The standard InChI is InChI=1S/C7H14F3NO/c1-4(6(11)3-12)5(2)7(8,9)10/h4-6,12H,3,11H2,1-2H3. The molecule has 5 heteroatoms. The second kappa shape index (κ2) is 4.09. The van der Waals surface area contributed by atoms with Gasteiger partial charge in [-0.15, -0.1) is 0 Å². The molecule has 0 spiro atoms. The van der Waals surface area contributed by atoms with Gasteiger partial charge in [-0.3, -0.25) is 0 Å². The Labute approximate surface area is 69.6 Å². The van der Waals surface area contributed by atoms with Crippen molar-refractivity contribution in [3.05, 3.63) is 0 Å². The first kappa shape index (κ1) is 11.7. The Bertz CT molecular complexity index is 137. The molecule has 0 saturated heterocycles. The third-order valence-electron chi connectivity index (χ3n) is 2.19. The number of rotatable bonds is 3. The highest BCUT2D eigenvalue weighted by molar-refractivity contribution is 4.77. The number of halogens is 3. The van der Waals surface area contributed by atoms with Crippen LogP contribution in [0.15, 0.2) is 0 Å². The molecule has 0 saturated carbocycles. The van der Waals surface area contributed by atoms with Crippen molar-refractivity contribution in [3.8, 4) is 0 Å². The van der Waals surface area contributed by atoms with Gasteiger partial charge in [0.25, 0.3) is 0 Å². The molecule has 0 bridgehead atoms. The van der Waals surface area contributed by atoms with E-state index in [-0.39, 0.29) is 0 Å². The van der Waals surface area contributed by atoms with E-state index in [1.807, 2.05) is 0 Å². The highest BCUT2D eigenvalue weighted by Gasteiger charge is 2.40. The van der Waals surface area contributed by atoms with Crippen molar-refractivity contribution in [3.63, 3.8) is 0 Å².